The molecule has 0 fully saturated rings. The average molecular weight is 198 g/mol. The maximum Gasteiger partial charge on any atom is 0.224 e. The summed E-state index contributed by atoms with van der Waals surface area (Å²) in [5.41, 5.74) is 0. The second kappa shape index (κ2) is 7.56. The zero-order valence-corrected chi connectivity index (χ0v) is 9.63. The Balaban J connectivity index is 4.01. The van der Waals surface area contributed by atoms with Crippen molar-refractivity contribution in [3.8, 4) is 0 Å². The van der Waals surface area contributed by atoms with Gasteiger partial charge in [0.1, 0.15) is 0 Å². The lowest BCUT2D eigenvalue weighted by molar-refractivity contribution is -0.125. The molecule has 0 rings (SSSR count). The van der Waals surface area contributed by atoms with Gasteiger partial charge in [-0.2, -0.15) is 0 Å². The van der Waals surface area contributed by atoms with E-state index in [9.17, 15) is 4.79 Å². The molecule has 0 saturated carbocycles. The Bertz CT molecular complexity index is 188. The molecule has 0 aromatic carbocycles. The highest BCUT2D eigenvalue weighted by molar-refractivity contribution is 5.79. The van der Waals surface area contributed by atoms with Crippen LogP contribution in [-0.4, -0.2) is 26.0 Å². The second-order valence-electron chi connectivity index (χ2n) is 3.72. The molecule has 1 unspecified atom stereocenters. The van der Waals surface area contributed by atoms with Gasteiger partial charge in [-0.05, 0) is 19.9 Å². The minimum atomic E-state index is 0.0604. The molecule has 0 aliphatic carbocycles. The molecular weight excluding hydrogens is 176 g/mol. The van der Waals surface area contributed by atoms with Gasteiger partial charge in [-0.3, -0.25) is 4.79 Å². The first kappa shape index (κ1) is 13.2. The molecule has 0 aliphatic rings. The fraction of sp³-hybridized carbons (Fsp3) is 0.727. The third-order valence-corrected chi connectivity index (χ3v) is 2.20. The molecule has 3 nitrogen and oxygen atoms in total. The Kier molecular flexibility index (Phi) is 7.11. The van der Waals surface area contributed by atoms with E-state index in [4.69, 9.17) is 0 Å². The summed E-state index contributed by atoms with van der Waals surface area (Å²) in [4.78, 5) is 11.7. The third-order valence-electron chi connectivity index (χ3n) is 2.20. The van der Waals surface area contributed by atoms with Crippen molar-refractivity contribution in [3.63, 3.8) is 0 Å². The van der Waals surface area contributed by atoms with Crippen LogP contribution in [0.5, 0.6) is 0 Å². The van der Waals surface area contributed by atoms with Crippen molar-refractivity contribution < 1.29 is 4.79 Å². The van der Waals surface area contributed by atoms with E-state index in [1.807, 2.05) is 26.1 Å². The maximum atomic E-state index is 11.7. The number of nitrogens with one attached hydrogen (secondary N) is 2. The van der Waals surface area contributed by atoms with E-state index in [1.54, 1.807) is 0 Å². The summed E-state index contributed by atoms with van der Waals surface area (Å²) in [6, 6.07) is 0. The predicted octanol–water partition coefficient (Wildman–Crippen LogP) is 1.17. The molecule has 0 bridgehead atoms. The number of hydrogen-bond donors (Lipinski definition) is 2. The predicted molar refractivity (Wildman–Crippen MR) is 60.1 cm³/mol. The normalized spacial score (nSPS) is 13.5. The zero-order chi connectivity index (χ0) is 11.0. The molecule has 0 heterocycles. The van der Waals surface area contributed by atoms with E-state index in [1.165, 1.54) is 0 Å². The van der Waals surface area contributed by atoms with E-state index < -0.39 is 0 Å². The minimum Gasteiger partial charge on any atom is -0.352 e. The highest BCUT2D eigenvalue weighted by Crippen LogP contribution is 2.09. The number of allylic oxidation sites excluding steroid dienone is 1. The van der Waals surface area contributed by atoms with Crippen LogP contribution in [0.1, 0.15) is 20.8 Å². The SMILES string of the molecule is C/C=C/CNC(=O)C(CNC)C(C)C. The van der Waals surface area contributed by atoms with Crippen LogP contribution in [0, 0.1) is 11.8 Å². The van der Waals surface area contributed by atoms with Crippen LogP contribution < -0.4 is 10.6 Å². The zero-order valence-electron chi connectivity index (χ0n) is 9.63. The largest absolute Gasteiger partial charge is 0.352 e. The van der Waals surface area contributed by atoms with Gasteiger partial charge in [-0.25, -0.2) is 0 Å². The van der Waals surface area contributed by atoms with Gasteiger partial charge in [-0.15, -0.1) is 0 Å². The summed E-state index contributed by atoms with van der Waals surface area (Å²) < 4.78 is 0. The Morgan fingerprint density at radius 3 is 2.50 bits per heavy atom. The lowest BCUT2D eigenvalue weighted by Gasteiger charge is -2.19. The molecule has 2 N–H and O–H groups in total. The average Bonchev–Trinajstić information content (AvgIpc) is 2.13. The Morgan fingerprint density at radius 1 is 1.43 bits per heavy atom. The van der Waals surface area contributed by atoms with E-state index in [0.717, 1.165) is 6.54 Å². The van der Waals surface area contributed by atoms with Gasteiger partial charge in [-0.1, -0.05) is 26.0 Å². The summed E-state index contributed by atoms with van der Waals surface area (Å²) in [5.74, 6) is 0.561. The first-order chi connectivity index (χ1) is 6.63. The van der Waals surface area contributed by atoms with Gasteiger partial charge < -0.3 is 10.6 Å². The van der Waals surface area contributed by atoms with Crippen molar-refractivity contribution >= 4 is 5.91 Å². The van der Waals surface area contributed by atoms with Gasteiger partial charge >= 0.3 is 0 Å². The van der Waals surface area contributed by atoms with Crippen LogP contribution in [0.4, 0.5) is 0 Å². The smallest absolute Gasteiger partial charge is 0.224 e. The lowest BCUT2D eigenvalue weighted by atomic mass is 9.95. The van der Waals surface area contributed by atoms with Gasteiger partial charge in [0.2, 0.25) is 5.91 Å². The van der Waals surface area contributed by atoms with Gasteiger partial charge in [0, 0.05) is 13.1 Å². The fourth-order valence-corrected chi connectivity index (χ4v) is 1.26. The Morgan fingerprint density at radius 2 is 2.07 bits per heavy atom. The molecule has 0 aromatic rings. The van der Waals surface area contributed by atoms with Crippen molar-refractivity contribution in [1.29, 1.82) is 0 Å². The van der Waals surface area contributed by atoms with Crippen molar-refractivity contribution in [1.82, 2.24) is 10.6 Å². The molecule has 1 amide bonds. The second-order valence-corrected chi connectivity index (χ2v) is 3.72. The van der Waals surface area contributed by atoms with Crippen LogP contribution in [0.2, 0.25) is 0 Å². The van der Waals surface area contributed by atoms with Gasteiger partial charge in [0.05, 0.1) is 5.92 Å². The van der Waals surface area contributed by atoms with Crippen molar-refractivity contribution in [3.05, 3.63) is 12.2 Å². The number of carbonyl (C=O) groups is 1. The summed E-state index contributed by atoms with van der Waals surface area (Å²) in [7, 11) is 1.87. The summed E-state index contributed by atoms with van der Waals surface area (Å²) in [6.07, 6.45) is 3.87. The summed E-state index contributed by atoms with van der Waals surface area (Å²) in [5, 5.41) is 5.93. The van der Waals surface area contributed by atoms with E-state index in [-0.39, 0.29) is 11.8 Å². The lowest BCUT2D eigenvalue weighted by Crippen LogP contribution is -2.38. The van der Waals surface area contributed by atoms with E-state index in [2.05, 4.69) is 24.5 Å². The summed E-state index contributed by atoms with van der Waals surface area (Å²) in [6.45, 7) is 7.44. The van der Waals surface area contributed by atoms with Crippen LogP contribution in [0.25, 0.3) is 0 Å². The number of rotatable bonds is 6. The molecule has 82 valence electrons. The van der Waals surface area contributed by atoms with Crippen molar-refractivity contribution in [2.75, 3.05) is 20.1 Å². The molecule has 0 saturated heterocycles. The Hall–Kier alpha value is -0.830. The van der Waals surface area contributed by atoms with E-state index in [0.29, 0.717) is 12.5 Å². The highest BCUT2D eigenvalue weighted by Gasteiger charge is 2.20. The van der Waals surface area contributed by atoms with Crippen molar-refractivity contribution in [2.45, 2.75) is 20.8 Å². The van der Waals surface area contributed by atoms with Crippen LogP contribution in [-0.2, 0) is 4.79 Å². The van der Waals surface area contributed by atoms with Crippen LogP contribution >= 0.6 is 0 Å². The van der Waals surface area contributed by atoms with Crippen molar-refractivity contribution in [2.24, 2.45) is 11.8 Å². The molecule has 0 radical (unpaired) electrons. The Labute approximate surface area is 87.0 Å². The highest BCUT2D eigenvalue weighted by atomic mass is 16.1. The molecule has 0 aliphatic heterocycles. The molecule has 1 atom stereocenters. The number of amides is 1. The molecule has 0 aromatic heterocycles. The van der Waals surface area contributed by atoms with Gasteiger partial charge in [0.15, 0.2) is 0 Å². The van der Waals surface area contributed by atoms with Crippen LogP contribution in [0.3, 0.4) is 0 Å². The molecule has 14 heavy (non-hydrogen) atoms. The quantitative estimate of drug-likeness (QED) is 0.629. The topological polar surface area (TPSA) is 41.1 Å². The summed E-state index contributed by atoms with van der Waals surface area (Å²) >= 11 is 0. The maximum absolute atomic E-state index is 11.7. The monoisotopic (exact) mass is 198 g/mol. The molecule has 0 spiro atoms. The van der Waals surface area contributed by atoms with Crippen LogP contribution in [0.15, 0.2) is 12.2 Å². The number of carbonyl (C=O) groups excluding carboxylic acids is 1. The van der Waals surface area contributed by atoms with E-state index >= 15 is 0 Å². The minimum absolute atomic E-state index is 0.0604. The third kappa shape index (κ3) is 5.02. The fourth-order valence-electron chi connectivity index (χ4n) is 1.26. The van der Waals surface area contributed by atoms with Gasteiger partial charge in [0.25, 0.3) is 0 Å². The standard InChI is InChI=1S/C11H22N2O/c1-5-6-7-13-11(14)10(8-12-4)9(2)3/h5-6,9-10,12H,7-8H2,1-4H3,(H,13,14)/b6-5+. The number of hydrogen-bond acceptors (Lipinski definition) is 2. The first-order valence-corrected chi connectivity index (χ1v) is 5.17. The molecular formula is C11H22N2O. The first-order valence-electron chi connectivity index (χ1n) is 5.17. The molecule has 3 heteroatoms.